The van der Waals surface area contributed by atoms with Gasteiger partial charge in [-0.15, -0.1) is 5.10 Å². The van der Waals surface area contributed by atoms with Gasteiger partial charge >= 0.3 is 0 Å². The van der Waals surface area contributed by atoms with Crippen molar-refractivity contribution < 1.29 is 13.5 Å². The lowest BCUT2D eigenvalue weighted by Crippen LogP contribution is -2.56. The quantitative estimate of drug-likeness (QED) is 0.730. The van der Waals surface area contributed by atoms with Crippen molar-refractivity contribution in [2.45, 2.75) is 12.8 Å². The van der Waals surface area contributed by atoms with Gasteiger partial charge in [-0.2, -0.15) is 0 Å². The van der Waals surface area contributed by atoms with Crippen molar-refractivity contribution in [2.24, 2.45) is 0 Å². The summed E-state index contributed by atoms with van der Waals surface area (Å²) in [5.74, 6) is -1.29. The van der Waals surface area contributed by atoms with Crippen molar-refractivity contribution in [2.75, 3.05) is 25.1 Å². The fourth-order valence-electron chi connectivity index (χ4n) is 2.69. The molecule has 1 fully saturated rings. The van der Waals surface area contributed by atoms with Crippen molar-refractivity contribution in [3.05, 3.63) is 30.4 Å². The predicted octanol–water partition coefficient (Wildman–Crippen LogP) is 1.96. The number of anilines is 1. The van der Waals surface area contributed by atoms with E-state index >= 15 is 0 Å². The number of aromatic nitrogens is 5. The second kappa shape index (κ2) is 5.08. The van der Waals surface area contributed by atoms with Gasteiger partial charge in [-0.25, -0.2) is 28.2 Å². The van der Waals surface area contributed by atoms with E-state index in [4.69, 9.17) is 4.74 Å². The van der Waals surface area contributed by atoms with Crippen LogP contribution in [0, 0.1) is 6.92 Å². The molecule has 0 saturated carbocycles. The molecule has 0 aromatic carbocycles. The molecule has 7 nitrogen and oxygen atoms in total. The summed E-state index contributed by atoms with van der Waals surface area (Å²) in [5.41, 5.74) is 1.87. The SMILES string of the molecule is COc1cc2ncc(-c3ccnc(C)n3)n2nc1N1CC(F)(F)C1. The molecule has 1 saturated heterocycles. The van der Waals surface area contributed by atoms with E-state index in [9.17, 15) is 8.78 Å². The first kappa shape index (κ1) is 14.7. The van der Waals surface area contributed by atoms with E-state index in [0.29, 0.717) is 34.4 Å². The number of alkyl halides is 2. The van der Waals surface area contributed by atoms with Crippen LogP contribution < -0.4 is 9.64 Å². The lowest BCUT2D eigenvalue weighted by molar-refractivity contribution is -0.0270. The van der Waals surface area contributed by atoms with Crippen molar-refractivity contribution in [1.82, 2.24) is 24.6 Å². The molecule has 0 N–H and O–H groups in total. The van der Waals surface area contributed by atoms with E-state index < -0.39 is 5.92 Å². The van der Waals surface area contributed by atoms with Crippen LogP contribution in [0.5, 0.6) is 5.75 Å². The van der Waals surface area contributed by atoms with E-state index in [0.717, 1.165) is 0 Å². The number of fused-ring (bicyclic) bond motifs is 1. The third kappa shape index (κ3) is 2.32. The largest absolute Gasteiger partial charge is 0.493 e. The molecule has 124 valence electrons. The maximum absolute atomic E-state index is 13.2. The lowest BCUT2D eigenvalue weighted by atomic mass is 10.1. The molecule has 1 aliphatic rings. The number of rotatable bonds is 3. The first-order valence-corrected chi connectivity index (χ1v) is 7.32. The zero-order chi connectivity index (χ0) is 16.9. The number of imidazole rings is 1. The topological polar surface area (TPSA) is 68.4 Å². The van der Waals surface area contributed by atoms with Gasteiger partial charge in [0.15, 0.2) is 17.2 Å². The van der Waals surface area contributed by atoms with Crippen LogP contribution in [0.3, 0.4) is 0 Å². The zero-order valence-electron chi connectivity index (χ0n) is 13.1. The van der Waals surface area contributed by atoms with Gasteiger partial charge in [0, 0.05) is 12.3 Å². The third-order valence-corrected chi connectivity index (χ3v) is 3.84. The minimum atomic E-state index is -2.69. The molecule has 4 rings (SSSR count). The Balaban J connectivity index is 1.84. The van der Waals surface area contributed by atoms with Crippen LogP contribution in [0.4, 0.5) is 14.6 Å². The molecule has 24 heavy (non-hydrogen) atoms. The van der Waals surface area contributed by atoms with Gasteiger partial charge < -0.3 is 9.64 Å². The lowest BCUT2D eigenvalue weighted by Gasteiger charge is -2.39. The van der Waals surface area contributed by atoms with Crippen LogP contribution in [0.1, 0.15) is 5.82 Å². The number of aryl methyl sites for hydroxylation is 1. The highest BCUT2D eigenvalue weighted by Crippen LogP contribution is 2.36. The number of hydrogen-bond acceptors (Lipinski definition) is 6. The standard InChI is InChI=1S/C15H14F2N6O/c1-9-18-4-3-10(20-9)11-6-19-13-5-12(24-2)14(21-23(11)13)22-7-15(16,17)8-22/h3-6H,7-8H2,1-2H3. The van der Waals surface area contributed by atoms with Crippen molar-refractivity contribution >= 4 is 11.5 Å². The van der Waals surface area contributed by atoms with Gasteiger partial charge in [-0.3, -0.25) is 0 Å². The minimum absolute atomic E-state index is 0.362. The smallest absolute Gasteiger partial charge is 0.282 e. The zero-order valence-corrected chi connectivity index (χ0v) is 13.1. The average molecular weight is 332 g/mol. The number of hydrogen-bond donors (Lipinski definition) is 0. The molecular weight excluding hydrogens is 318 g/mol. The van der Waals surface area contributed by atoms with Crippen molar-refractivity contribution in [1.29, 1.82) is 0 Å². The highest BCUT2D eigenvalue weighted by atomic mass is 19.3. The molecule has 0 radical (unpaired) electrons. The summed E-state index contributed by atoms with van der Waals surface area (Å²) < 4.78 is 33.3. The molecule has 9 heteroatoms. The second-order valence-corrected chi connectivity index (χ2v) is 5.65. The maximum Gasteiger partial charge on any atom is 0.282 e. The Bertz CT molecular complexity index is 917. The van der Waals surface area contributed by atoms with Gasteiger partial charge in [0.25, 0.3) is 5.92 Å². The van der Waals surface area contributed by atoms with Gasteiger partial charge in [0.05, 0.1) is 32.1 Å². The van der Waals surface area contributed by atoms with E-state index in [-0.39, 0.29) is 13.1 Å². The van der Waals surface area contributed by atoms with Crippen LogP contribution in [0.25, 0.3) is 17.0 Å². The van der Waals surface area contributed by atoms with Crippen LogP contribution in [-0.2, 0) is 0 Å². The molecule has 3 aromatic rings. The molecule has 0 amide bonds. The number of ether oxygens (including phenoxy) is 1. The van der Waals surface area contributed by atoms with E-state index in [1.807, 2.05) is 0 Å². The summed E-state index contributed by atoms with van der Waals surface area (Å²) in [4.78, 5) is 14.2. The number of methoxy groups -OCH3 is 1. The molecular formula is C15H14F2N6O. The molecule has 0 bridgehead atoms. The fourth-order valence-corrected chi connectivity index (χ4v) is 2.69. The van der Waals surface area contributed by atoms with Gasteiger partial charge in [0.2, 0.25) is 0 Å². The predicted molar refractivity (Wildman–Crippen MR) is 82.5 cm³/mol. The molecule has 3 aromatic heterocycles. The molecule has 4 heterocycles. The van der Waals surface area contributed by atoms with Gasteiger partial charge in [-0.1, -0.05) is 0 Å². The summed E-state index contributed by atoms with van der Waals surface area (Å²) in [7, 11) is 1.48. The van der Waals surface area contributed by atoms with E-state index in [1.54, 1.807) is 36.0 Å². The molecule has 0 aliphatic carbocycles. The normalized spacial score (nSPS) is 16.2. The van der Waals surface area contributed by atoms with Crippen LogP contribution in [0.2, 0.25) is 0 Å². The Kier molecular flexibility index (Phi) is 3.12. The highest BCUT2D eigenvalue weighted by Gasteiger charge is 2.45. The molecule has 0 atom stereocenters. The molecule has 1 aliphatic heterocycles. The maximum atomic E-state index is 13.2. The van der Waals surface area contributed by atoms with Crippen molar-refractivity contribution in [3.63, 3.8) is 0 Å². The monoisotopic (exact) mass is 332 g/mol. The third-order valence-electron chi connectivity index (χ3n) is 3.84. The highest BCUT2D eigenvalue weighted by molar-refractivity contribution is 5.65. The first-order valence-electron chi connectivity index (χ1n) is 7.32. The number of nitrogens with zero attached hydrogens (tertiary/aromatic N) is 6. The average Bonchev–Trinajstić information content (AvgIpc) is 2.94. The molecule has 0 unspecified atom stereocenters. The Morgan fingerprint density at radius 3 is 2.71 bits per heavy atom. The van der Waals surface area contributed by atoms with Crippen molar-refractivity contribution in [3.8, 4) is 17.1 Å². The summed E-state index contributed by atoms with van der Waals surface area (Å²) >= 11 is 0. The molecule has 0 spiro atoms. The van der Waals surface area contributed by atoms with Gasteiger partial charge in [-0.05, 0) is 13.0 Å². The Morgan fingerprint density at radius 2 is 2.04 bits per heavy atom. The summed E-state index contributed by atoms with van der Waals surface area (Å²) in [6.07, 6.45) is 3.29. The van der Waals surface area contributed by atoms with Crippen LogP contribution in [0.15, 0.2) is 24.5 Å². The first-order chi connectivity index (χ1) is 11.5. The Hall–Kier alpha value is -2.84. The Morgan fingerprint density at radius 1 is 1.25 bits per heavy atom. The van der Waals surface area contributed by atoms with Gasteiger partial charge in [0.1, 0.15) is 11.5 Å². The minimum Gasteiger partial charge on any atom is -0.493 e. The van der Waals surface area contributed by atoms with E-state index in [2.05, 4.69) is 20.1 Å². The Labute approximate surface area is 135 Å². The summed E-state index contributed by atoms with van der Waals surface area (Å²) in [6.45, 7) is 1.04. The summed E-state index contributed by atoms with van der Waals surface area (Å²) in [6, 6.07) is 3.43. The second-order valence-electron chi connectivity index (χ2n) is 5.65. The summed E-state index contributed by atoms with van der Waals surface area (Å²) in [5, 5.41) is 4.46. The van der Waals surface area contributed by atoms with Crippen LogP contribution >= 0.6 is 0 Å². The van der Waals surface area contributed by atoms with E-state index in [1.165, 1.54) is 12.0 Å². The fraction of sp³-hybridized carbons (Fsp3) is 0.333. The number of halogens is 2. The van der Waals surface area contributed by atoms with Crippen LogP contribution in [-0.4, -0.2) is 50.7 Å².